The van der Waals surface area contributed by atoms with Gasteiger partial charge in [-0.05, 0) is 56.2 Å². The molecule has 0 saturated carbocycles. The van der Waals surface area contributed by atoms with Crippen LogP contribution in [0, 0.1) is 32.4 Å². The summed E-state index contributed by atoms with van der Waals surface area (Å²) in [5, 5.41) is 2.75. The van der Waals surface area contributed by atoms with Gasteiger partial charge in [-0.1, -0.05) is 42.0 Å². The topological polar surface area (TPSA) is 47.6 Å². The van der Waals surface area contributed by atoms with Crippen LogP contribution < -0.4 is 14.1 Å². The van der Waals surface area contributed by atoms with Crippen LogP contribution in [0.15, 0.2) is 60.7 Å². The van der Waals surface area contributed by atoms with E-state index < -0.39 is 19.4 Å². The van der Waals surface area contributed by atoms with Crippen LogP contribution in [0.25, 0.3) is 0 Å². The van der Waals surface area contributed by atoms with Crippen molar-refractivity contribution in [1.29, 1.82) is 0 Å². The van der Waals surface area contributed by atoms with Gasteiger partial charge in [0.2, 0.25) is 0 Å². The molecule has 0 atom stereocenters. The maximum absolute atomic E-state index is 14.1. The minimum absolute atomic E-state index is 0.267. The first-order valence-corrected chi connectivity index (χ1v) is 10.2. The summed E-state index contributed by atoms with van der Waals surface area (Å²) in [6.07, 6.45) is 0. The van der Waals surface area contributed by atoms with E-state index in [1.807, 2.05) is 32.9 Å². The molecule has 0 aliphatic rings. The average molecular weight is 403 g/mol. The second-order valence-electron chi connectivity index (χ2n) is 6.43. The lowest BCUT2D eigenvalue weighted by Gasteiger charge is -2.23. The second kappa shape index (κ2) is 8.03. The first-order valence-electron chi connectivity index (χ1n) is 8.62. The Morgan fingerprint density at radius 2 is 1.21 bits per heavy atom. The van der Waals surface area contributed by atoms with Crippen LogP contribution in [0.3, 0.4) is 0 Å². The molecule has 146 valence electrons. The van der Waals surface area contributed by atoms with Gasteiger partial charge in [0.05, 0.1) is 5.69 Å². The molecule has 0 radical (unpaired) electrons. The van der Waals surface area contributed by atoms with Gasteiger partial charge in [-0.15, -0.1) is 0 Å². The molecule has 0 aliphatic heterocycles. The number of nitrogens with one attached hydrogen (secondary N) is 1. The van der Waals surface area contributed by atoms with Crippen molar-refractivity contribution < 1.29 is 22.4 Å². The molecule has 3 rings (SSSR count). The third-order valence-corrected chi connectivity index (χ3v) is 5.41. The summed E-state index contributed by atoms with van der Waals surface area (Å²) in [6.45, 7) is 5.60. The van der Waals surface area contributed by atoms with Crippen LogP contribution in [0.4, 0.5) is 14.5 Å². The molecule has 1 N–H and O–H groups in total. The second-order valence-corrected chi connectivity index (χ2v) is 8.01. The smallest absolute Gasteiger partial charge is 0.397 e. The summed E-state index contributed by atoms with van der Waals surface area (Å²) in [5.74, 6) is -1.95. The molecule has 0 heterocycles. The van der Waals surface area contributed by atoms with E-state index in [-0.39, 0.29) is 11.5 Å². The van der Waals surface area contributed by atoms with Gasteiger partial charge in [0, 0.05) is 0 Å². The number of rotatable bonds is 6. The summed E-state index contributed by atoms with van der Waals surface area (Å²) in [6, 6.07) is 14.8. The fraction of sp³-hybridized carbons (Fsp3) is 0.143. The Kier molecular flexibility index (Phi) is 5.71. The van der Waals surface area contributed by atoms with Crippen molar-refractivity contribution in [2.75, 3.05) is 5.09 Å². The third-order valence-electron chi connectivity index (χ3n) is 4.04. The molecular weight excluding hydrogens is 383 g/mol. The van der Waals surface area contributed by atoms with E-state index in [1.165, 1.54) is 48.5 Å². The molecule has 0 fully saturated rings. The van der Waals surface area contributed by atoms with E-state index in [0.29, 0.717) is 5.69 Å². The van der Waals surface area contributed by atoms with Gasteiger partial charge in [-0.25, -0.2) is 13.3 Å². The van der Waals surface area contributed by atoms with Crippen molar-refractivity contribution in [3.05, 3.63) is 89.0 Å². The fourth-order valence-electron chi connectivity index (χ4n) is 2.85. The molecule has 0 unspecified atom stereocenters. The standard InChI is InChI=1S/C21H20F2NO3P/c1-14-12-15(2)21(16(3)13-14)24-28(25,26-19-10-6-4-8-17(19)22)27-20-11-7-5-9-18(20)23/h4-13H,1-3H3,(H,24,25). The number of benzene rings is 3. The Labute approximate surface area is 162 Å². The Balaban J connectivity index is 2.03. The summed E-state index contributed by atoms with van der Waals surface area (Å²) in [4.78, 5) is 0. The molecule has 7 heteroatoms. The number of hydrogen-bond donors (Lipinski definition) is 1. The van der Waals surface area contributed by atoms with Crippen LogP contribution in [0.2, 0.25) is 0 Å². The highest BCUT2D eigenvalue weighted by Gasteiger charge is 2.32. The summed E-state index contributed by atoms with van der Waals surface area (Å²) in [5.41, 5.74) is 3.14. The molecule has 3 aromatic rings. The molecule has 0 aromatic heterocycles. The third kappa shape index (κ3) is 4.52. The highest BCUT2D eigenvalue weighted by Crippen LogP contribution is 2.50. The normalized spacial score (nSPS) is 11.2. The Hall–Kier alpha value is -2.85. The lowest BCUT2D eigenvalue weighted by Crippen LogP contribution is -2.12. The number of para-hydroxylation sites is 2. The minimum atomic E-state index is -4.24. The summed E-state index contributed by atoms with van der Waals surface area (Å²) in [7, 11) is -4.24. The molecule has 3 aromatic carbocycles. The fourth-order valence-corrected chi connectivity index (χ4v) is 4.42. The molecule has 0 bridgehead atoms. The maximum Gasteiger partial charge on any atom is 0.541 e. The SMILES string of the molecule is Cc1cc(C)c(NP(=O)(Oc2ccccc2F)Oc2ccccc2F)c(C)c1. The van der Waals surface area contributed by atoms with Crippen molar-refractivity contribution in [3.63, 3.8) is 0 Å². The predicted molar refractivity (Wildman–Crippen MR) is 106 cm³/mol. The number of hydrogen-bond acceptors (Lipinski definition) is 3. The van der Waals surface area contributed by atoms with Gasteiger partial charge in [0.25, 0.3) is 0 Å². The van der Waals surface area contributed by atoms with E-state index in [9.17, 15) is 13.3 Å². The van der Waals surface area contributed by atoms with Gasteiger partial charge in [-0.3, -0.25) is 5.09 Å². The molecule has 28 heavy (non-hydrogen) atoms. The van der Waals surface area contributed by atoms with Gasteiger partial charge < -0.3 is 9.05 Å². The van der Waals surface area contributed by atoms with Crippen LogP contribution in [-0.4, -0.2) is 0 Å². The van der Waals surface area contributed by atoms with Crippen molar-refractivity contribution >= 4 is 13.4 Å². The van der Waals surface area contributed by atoms with Crippen molar-refractivity contribution in [2.24, 2.45) is 0 Å². The minimum Gasteiger partial charge on any atom is -0.397 e. The molecule has 0 amide bonds. The predicted octanol–water partition coefficient (Wildman–Crippen LogP) is 6.57. The van der Waals surface area contributed by atoms with Crippen LogP contribution in [-0.2, 0) is 4.57 Å². The van der Waals surface area contributed by atoms with Crippen LogP contribution in [0.1, 0.15) is 16.7 Å². The van der Waals surface area contributed by atoms with Gasteiger partial charge >= 0.3 is 7.75 Å². The zero-order valence-electron chi connectivity index (χ0n) is 15.7. The molecule has 0 aliphatic carbocycles. The largest absolute Gasteiger partial charge is 0.541 e. The quantitative estimate of drug-likeness (QED) is 0.473. The first kappa shape index (κ1) is 19.9. The number of anilines is 1. The maximum atomic E-state index is 14.1. The Morgan fingerprint density at radius 1 is 0.786 bits per heavy atom. The van der Waals surface area contributed by atoms with Gasteiger partial charge in [0.15, 0.2) is 23.1 Å². The molecule has 4 nitrogen and oxygen atoms in total. The molecule has 0 spiro atoms. The van der Waals surface area contributed by atoms with E-state index in [0.717, 1.165) is 16.7 Å². The lowest BCUT2D eigenvalue weighted by atomic mass is 10.1. The zero-order chi connectivity index (χ0) is 20.3. The first-order chi connectivity index (χ1) is 13.3. The Morgan fingerprint density at radius 3 is 1.64 bits per heavy atom. The lowest BCUT2D eigenvalue weighted by molar-refractivity contribution is 0.373. The summed E-state index contributed by atoms with van der Waals surface area (Å²) >= 11 is 0. The van der Waals surface area contributed by atoms with Crippen molar-refractivity contribution in [3.8, 4) is 11.5 Å². The van der Waals surface area contributed by atoms with E-state index in [2.05, 4.69) is 5.09 Å². The van der Waals surface area contributed by atoms with Crippen molar-refractivity contribution in [2.45, 2.75) is 20.8 Å². The van der Waals surface area contributed by atoms with Crippen LogP contribution in [0.5, 0.6) is 11.5 Å². The highest BCUT2D eigenvalue weighted by atomic mass is 31.2. The van der Waals surface area contributed by atoms with E-state index >= 15 is 0 Å². The van der Waals surface area contributed by atoms with Gasteiger partial charge in [-0.2, -0.15) is 0 Å². The van der Waals surface area contributed by atoms with E-state index in [4.69, 9.17) is 9.05 Å². The van der Waals surface area contributed by atoms with Crippen LogP contribution >= 0.6 is 7.75 Å². The number of aryl methyl sites for hydroxylation is 3. The highest BCUT2D eigenvalue weighted by molar-refractivity contribution is 7.56. The monoisotopic (exact) mass is 403 g/mol. The van der Waals surface area contributed by atoms with Crippen molar-refractivity contribution in [1.82, 2.24) is 0 Å². The van der Waals surface area contributed by atoms with E-state index in [1.54, 1.807) is 0 Å². The average Bonchev–Trinajstić information content (AvgIpc) is 2.62. The number of halogens is 2. The molecular formula is C21H20F2NO3P. The summed E-state index contributed by atoms with van der Waals surface area (Å²) < 4.78 is 52.5. The zero-order valence-corrected chi connectivity index (χ0v) is 16.6. The van der Waals surface area contributed by atoms with Gasteiger partial charge in [0.1, 0.15) is 0 Å². The Bertz CT molecular complexity index is 981. The molecule has 0 saturated heterocycles.